The van der Waals surface area contributed by atoms with E-state index in [2.05, 4.69) is 15.5 Å². The number of hydrogen-bond acceptors (Lipinski definition) is 4. The van der Waals surface area contributed by atoms with Crippen LogP contribution in [0.15, 0.2) is 83.0 Å². The van der Waals surface area contributed by atoms with Crippen molar-refractivity contribution in [1.29, 1.82) is 0 Å². The number of thiocarbonyl (C=S) groups is 1. The van der Waals surface area contributed by atoms with E-state index in [-0.39, 0.29) is 16.7 Å². The lowest BCUT2D eigenvalue weighted by molar-refractivity contribution is 0.404. The molecule has 1 N–H and O–H groups in total. The first-order valence-corrected chi connectivity index (χ1v) is 11.1. The van der Waals surface area contributed by atoms with Crippen LogP contribution in [0.2, 0.25) is 5.02 Å². The van der Waals surface area contributed by atoms with Gasteiger partial charge in [0.15, 0.2) is 5.11 Å². The summed E-state index contributed by atoms with van der Waals surface area (Å²) in [6.07, 6.45) is 0. The molecule has 1 aliphatic heterocycles. The molecule has 3 aromatic carbocycles. The highest BCUT2D eigenvalue weighted by Crippen LogP contribution is 2.39. The van der Waals surface area contributed by atoms with Crippen LogP contribution >= 0.6 is 23.8 Å². The molecule has 1 unspecified atom stereocenters. The van der Waals surface area contributed by atoms with E-state index in [0.717, 1.165) is 17.2 Å². The molecule has 0 saturated heterocycles. The largest absolute Gasteiger partial charge is 0.351 e. The van der Waals surface area contributed by atoms with E-state index in [1.54, 1.807) is 36.1 Å². The van der Waals surface area contributed by atoms with Crippen LogP contribution < -0.4 is 10.2 Å². The Balaban J connectivity index is 1.66. The first-order valence-electron chi connectivity index (χ1n) is 10.3. The van der Waals surface area contributed by atoms with E-state index in [1.165, 1.54) is 12.1 Å². The Bertz CT molecular complexity index is 1390. The molecule has 1 aromatic heterocycles. The molecule has 170 valence electrons. The van der Waals surface area contributed by atoms with Crippen molar-refractivity contribution in [3.63, 3.8) is 0 Å². The molecule has 0 radical (unpaired) electrons. The normalized spacial score (nSPS) is 16.1. The third-order valence-electron chi connectivity index (χ3n) is 5.48. The van der Waals surface area contributed by atoms with Crippen molar-refractivity contribution in [1.82, 2.24) is 15.5 Å². The van der Waals surface area contributed by atoms with Crippen molar-refractivity contribution in [3.05, 3.63) is 107 Å². The van der Waals surface area contributed by atoms with Gasteiger partial charge in [0.25, 0.3) is 5.89 Å². The molecule has 1 aliphatic rings. The molecule has 5 nitrogen and oxygen atoms in total. The van der Waals surface area contributed by atoms with Gasteiger partial charge in [-0.2, -0.15) is 4.98 Å². The summed E-state index contributed by atoms with van der Waals surface area (Å²) in [5.74, 6) is -0.774. The van der Waals surface area contributed by atoms with Crippen molar-refractivity contribution in [3.8, 4) is 11.4 Å². The van der Waals surface area contributed by atoms with Crippen LogP contribution in [0.1, 0.15) is 24.4 Å². The van der Waals surface area contributed by atoms with Gasteiger partial charge in [-0.25, -0.2) is 8.78 Å². The maximum atomic E-state index is 14.0. The standard InChI is InChI=1S/C25H17ClF2N4OS/c1-14-21(24-30-23(31-33-24)16-7-9-17(26)10-8-16)22(15-5-3-2-4-6-15)29-25(34)32(14)20-12-18(27)11-19(28)13-20/h2-13,22H,1H3,(H,29,34). The molecule has 0 aliphatic carbocycles. The van der Waals surface area contributed by atoms with E-state index < -0.39 is 17.7 Å². The average molecular weight is 495 g/mol. The van der Waals surface area contributed by atoms with Crippen molar-refractivity contribution in [2.75, 3.05) is 4.90 Å². The van der Waals surface area contributed by atoms with Crippen LogP contribution in [-0.2, 0) is 0 Å². The maximum absolute atomic E-state index is 14.0. The Hall–Kier alpha value is -3.62. The molecule has 0 spiro atoms. The van der Waals surface area contributed by atoms with Gasteiger partial charge < -0.3 is 9.84 Å². The van der Waals surface area contributed by atoms with E-state index in [0.29, 0.717) is 22.1 Å². The third-order valence-corrected chi connectivity index (χ3v) is 6.03. The number of allylic oxidation sites excluding steroid dienone is 1. The monoisotopic (exact) mass is 494 g/mol. The molecule has 0 bridgehead atoms. The number of anilines is 1. The molecule has 2 heterocycles. The van der Waals surface area contributed by atoms with Gasteiger partial charge >= 0.3 is 0 Å². The number of aromatic nitrogens is 2. The predicted octanol–water partition coefficient (Wildman–Crippen LogP) is 6.54. The zero-order valence-corrected chi connectivity index (χ0v) is 19.4. The van der Waals surface area contributed by atoms with Crippen LogP contribution in [0.5, 0.6) is 0 Å². The second-order valence-corrected chi connectivity index (χ2v) is 8.51. The highest BCUT2D eigenvalue weighted by Gasteiger charge is 2.35. The summed E-state index contributed by atoms with van der Waals surface area (Å²) < 4.78 is 33.7. The van der Waals surface area contributed by atoms with Crippen LogP contribution in [0.25, 0.3) is 17.0 Å². The average Bonchev–Trinajstić information content (AvgIpc) is 3.29. The lowest BCUT2D eigenvalue weighted by Crippen LogP contribution is -2.46. The van der Waals surface area contributed by atoms with Gasteiger partial charge in [-0.1, -0.05) is 47.1 Å². The van der Waals surface area contributed by atoms with Gasteiger partial charge in [0.05, 0.1) is 17.3 Å². The van der Waals surface area contributed by atoms with Crippen molar-refractivity contribution >= 4 is 40.2 Å². The first kappa shape index (κ1) is 22.2. The molecular weight excluding hydrogens is 478 g/mol. The fourth-order valence-electron chi connectivity index (χ4n) is 3.94. The number of nitrogens with zero attached hydrogens (tertiary/aromatic N) is 3. The topological polar surface area (TPSA) is 54.2 Å². The lowest BCUT2D eigenvalue weighted by atomic mass is 9.94. The number of rotatable bonds is 4. The van der Waals surface area contributed by atoms with Gasteiger partial charge in [-0.15, -0.1) is 0 Å². The van der Waals surface area contributed by atoms with Crippen molar-refractivity contribution in [2.45, 2.75) is 13.0 Å². The Morgan fingerprint density at radius 3 is 2.35 bits per heavy atom. The maximum Gasteiger partial charge on any atom is 0.258 e. The summed E-state index contributed by atoms with van der Waals surface area (Å²) in [6.45, 7) is 1.80. The van der Waals surface area contributed by atoms with Gasteiger partial charge in [0.1, 0.15) is 11.6 Å². The molecule has 0 saturated carbocycles. The molecule has 0 amide bonds. The van der Waals surface area contributed by atoms with E-state index in [9.17, 15) is 8.78 Å². The molecule has 1 atom stereocenters. The Morgan fingerprint density at radius 1 is 1.00 bits per heavy atom. The Kier molecular flexibility index (Phi) is 5.85. The summed E-state index contributed by atoms with van der Waals surface area (Å²) in [5, 5.41) is 8.29. The van der Waals surface area contributed by atoms with Gasteiger partial charge in [-0.05, 0) is 61.1 Å². The minimum absolute atomic E-state index is 0.244. The van der Waals surface area contributed by atoms with Crippen LogP contribution in [0.4, 0.5) is 14.5 Å². The van der Waals surface area contributed by atoms with Crippen LogP contribution in [0.3, 0.4) is 0 Å². The summed E-state index contributed by atoms with van der Waals surface area (Å²) >= 11 is 11.6. The zero-order valence-electron chi connectivity index (χ0n) is 17.8. The molecule has 34 heavy (non-hydrogen) atoms. The van der Waals surface area contributed by atoms with Gasteiger partial charge in [0, 0.05) is 22.3 Å². The minimum Gasteiger partial charge on any atom is -0.351 e. The number of nitrogens with one attached hydrogen (secondary N) is 1. The SMILES string of the molecule is CC1=C(c2nc(-c3ccc(Cl)cc3)no2)C(c2ccccc2)NC(=S)N1c1cc(F)cc(F)c1. The second-order valence-electron chi connectivity index (χ2n) is 7.69. The van der Waals surface area contributed by atoms with Gasteiger partial charge in [-0.3, -0.25) is 4.90 Å². The summed E-state index contributed by atoms with van der Waals surface area (Å²) in [7, 11) is 0. The summed E-state index contributed by atoms with van der Waals surface area (Å²) in [6, 6.07) is 19.5. The molecular formula is C25H17ClF2N4OS. The lowest BCUT2D eigenvalue weighted by Gasteiger charge is -2.37. The number of benzene rings is 3. The molecule has 5 rings (SSSR count). The van der Waals surface area contributed by atoms with E-state index in [1.807, 2.05) is 30.3 Å². The van der Waals surface area contributed by atoms with E-state index >= 15 is 0 Å². The van der Waals surface area contributed by atoms with Gasteiger partial charge in [0.2, 0.25) is 5.82 Å². The summed E-state index contributed by atoms with van der Waals surface area (Å²) in [4.78, 5) is 6.17. The fraction of sp³-hybridized carbons (Fsp3) is 0.0800. The Morgan fingerprint density at radius 2 is 1.68 bits per heavy atom. The van der Waals surface area contributed by atoms with Crippen LogP contribution in [-0.4, -0.2) is 15.3 Å². The highest BCUT2D eigenvalue weighted by molar-refractivity contribution is 7.80. The Labute approximate surface area is 204 Å². The second kappa shape index (κ2) is 8.96. The third kappa shape index (κ3) is 4.18. The van der Waals surface area contributed by atoms with Crippen molar-refractivity contribution in [2.24, 2.45) is 0 Å². The predicted molar refractivity (Wildman–Crippen MR) is 131 cm³/mol. The smallest absolute Gasteiger partial charge is 0.258 e. The molecule has 4 aromatic rings. The molecule has 9 heteroatoms. The number of hydrogen-bond donors (Lipinski definition) is 1. The highest BCUT2D eigenvalue weighted by atomic mass is 35.5. The zero-order chi connectivity index (χ0) is 23.8. The quantitative estimate of drug-likeness (QED) is 0.325. The molecule has 0 fully saturated rings. The van der Waals surface area contributed by atoms with Crippen LogP contribution in [0, 0.1) is 11.6 Å². The fourth-order valence-corrected chi connectivity index (χ4v) is 4.43. The summed E-state index contributed by atoms with van der Waals surface area (Å²) in [5.41, 5.74) is 3.13. The minimum atomic E-state index is -0.708. The first-order chi connectivity index (χ1) is 16.4. The number of halogens is 3. The van der Waals surface area contributed by atoms with E-state index in [4.69, 9.17) is 28.3 Å². The van der Waals surface area contributed by atoms with Crippen molar-refractivity contribution < 1.29 is 13.3 Å².